The third kappa shape index (κ3) is 13.7. The number of hydrogen-bond donors (Lipinski definition) is 3. The number of likely N-dealkylation sites (N-methyl/N-ethyl adjacent to an activating group) is 1. The first-order valence-corrected chi connectivity index (χ1v) is 20.9. The fraction of sp³-hybridized carbons (Fsp3) is 0.463. The molecule has 2 aromatic carbocycles. The molecule has 13 nitrogen and oxygen atoms in total. The molecule has 5 amide bonds. The van der Waals surface area contributed by atoms with Crippen molar-refractivity contribution in [2.75, 3.05) is 40.3 Å². The Labute approximate surface area is 337 Å². The van der Waals surface area contributed by atoms with E-state index in [1.54, 1.807) is 35.0 Å². The quantitative estimate of drug-likeness (QED) is 0.121. The monoisotopic (exact) mass is 802 g/mol. The molecule has 1 aliphatic rings. The highest BCUT2D eigenvalue weighted by molar-refractivity contribution is 7.09. The van der Waals surface area contributed by atoms with Crippen molar-refractivity contribution in [2.45, 2.75) is 83.1 Å². The van der Waals surface area contributed by atoms with Gasteiger partial charge in [0.2, 0.25) is 11.8 Å². The summed E-state index contributed by atoms with van der Waals surface area (Å²) >= 11 is 2.97. The molecule has 2 aromatic heterocycles. The number of urea groups is 1. The predicted molar refractivity (Wildman–Crippen MR) is 219 cm³/mol. The number of rotatable bonds is 18. The zero-order chi connectivity index (χ0) is 39.9. The van der Waals surface area contributed by atoms with E-state index in [4.69, 9.17) is 4.74 Å². The third-order valence-corrected chi connectivity index (χ3v) is 11.6. The summed E-state index contributed by atoms with van der Waals surface area (Å²) in [6.45, 7) is 7.11. The molecule has 15 heteroatoms. The van der Waals surface area contributed by atoms with Crippen molar-refractivity contribution in [3.05, 3.63) is 104 Å². The lowest BCUT2D eigenvalue weighted by atomic mass is 9.95. The van der Waals surface area contributed by atoms with Crippen LogP contribution in [-0.4, -0.2) is 107 Å². The lowest BCUT2D eigenvalue weighted by Crippen LogP contribution is -2.55. The maximum Gasteiger partial charge on any atom is 0.407 e. The molecule has 0 bridgehead atoms. The number of carbonyl (C=O) groups excluding carboxylic acids is 4. The van der Waals surface area contributed by atoms with Crippen molar-refractivity contribution < 1.29 is 23.9 Å². The minimum atomic E-state index is -1.11. The molecule has 3 N–H and O–H groups in total. The van der Waals surface area contributed by atoms with Crippen LogP contribution in [0.1, 0.15) is 65.7 Å². The molecule has 300 valence electrons. The second-order valence-electron chi connectivity index (χ2n) is 14.6. The van der Waals surface area contributed by atoms with Gasteiger partial charge < -0.3 is 35.4 Å². The number of nitrogens with one attached hydrogen (secondary N) is 3. The number of benzene rings is 2. The van der Waals surface area contributed by atoms with Gasteiger partial charge in [0, 0.05) is 62.8 Å². The molecule has 3 atom stereocenters. The molecule has 0 spiro atoms. The number of piperazine rings is 1. The van der Waals surface area contributed by atoms with Crippen LogP contribution in [0.5, 0.6) is 0 Å². The first-order valence-electron chi connectivity index (χ1n) is 19.1. The van der Waals surface area contributed by atoms with Crippen LogP contribution in [0.3, 0.4) is 0 Å². The summed E-state index contributed by atoms with van der Waals surface area (Å²) in [4.78, 5) is 69.5. The first-order chi connectivity index (χ1) is 27.0. The summed E-state index contributed by atoms with van der Waals surface area (Å²) in [6.07, 6.45) is 3.06. The average Bonchev–Trinajstić information content (AvgIpc) is 3.90. The maximum absolute atomic E-state index is 14.3. The maximum atomic E-state index is 14.3. The number of alkyl carbamates (subject to hydrolysis) is 1. The van der Waals surface area contributed by atoms with Crippen molar-refractivity contribution in [3.8, 4) is 0 Å². The van der Waals surface area contributed by atoms with Crippen molar-refractivity contribution in [3.63, 3.8) is 0 Å². The Hall–Kier alpha value is -4.86. The van der Waals surface area contributed by atoms with Gasteiger partial charge in [-0.1, -0.05) is 74.5 Å². The van der Waals surface area contributed by atoms with Crippen molar-refractivity contribution in [1.29, 1.82) is 0 Å². The summed E-state index contributed by atoms with van der Waals surface area (Å²) in [5.74, 6) is -0.355. The van der Waals surface area contributed by atoms with Gasteiger partial charge in [-0.05, 0) is 43.9 Å². The Bertz CT molecular complexity index is 1820. The topological polar surface area (TPSA) is 149 Å². The molecule has 56 heavy (non-hydrogen) atoms. The van der Waals surface area contributed by atoms with Gasteiger partial charge in [-0.25, -0.2) is 14.6 Å². The Balaban J connectivity index is 1.31. The van der Waals surface area contributed by atoms with Gasteiger partial charge in [0.05, 0.1) is 34.1 Å². The fourth-order valence-electron chi connectivity index (χ4n) is 6.41. The van der Waals surface area contributed by atoms with Crippen LogP contribution < -0.4 is 16.0 Å². The van der Waals surface area contributed by atoms with Crippen LogP contribution in [0.25, 0.3) is 0 Å². The van der Waals surface area contributed by atoms with Crippen molar-refractivity contribution >= 4 is 46.6 Å². The van der Waals surface area contributed by atoms with E-state index in [0.29, 0.717) is 38.8 Å². The number of amides is 5. The Morgan fingerprint density at radius 1 is 0.857 bits per heavy atom. The molecule has 3 heterocycles. The van der Waals surface area contributed by atoms with Crippen molar-refractivity contribution in [2.24, 2.45) is 0 Å². The van der Waals surface area contributed by atoms with Gasteiger partial charge in [0.15, 0.2) is 0 Å². The van der Waals surface area contributed by atoms with Crippen molar-refractivity contribution in [1.82, 2.24) is 40.6 Å². The number of aromatic nitrogens is 2. The summed E-state index contributed by atoms with van der Waals surface area (Å²) in [6, 6.07) is 17.5. The van der Waals surface area contributed by atoms with Gasteiger partial charge in [0.1, 0.15) is 12.6 Å². The van der Waals surface area contributed by atoms with E-state index in [2.05, 4.69) is 44.7 Å². The van der Waals surface area contributed by atoms with Gasteiger partial charge in [-0.15, -0.1) is 22.7 Å². The highest BCUT2D eigenvalue weighted by Gasteiger charge is 2.30. The van der Waals surface area contributed by atoms with Crippen LogP contribution in [0.15, 0.2) is 77.8 Å². The van der Waals surface area contributed by atoms with Crippen LogP contribution in [0, 0.1) is 0 Å². The number of ether oxygens (including phenoxy) is 1. The summed E-state index contributed by atoms with van der Waals surface area (Å²) in [7, 11) is 3.67. The summed E-state index contributed by atoms with van der Waals surface area (Å²) in [5, 5.41) is 12.0. The van der Waals surface area contributed by atoms with Gasteiger partial charge in [0.25, 0.3) is 0 Å². The zero-order valence-corrected chi connectivity index (χ0v) is 34.3. The SMILES string of the molecule is CC(C)c1nc(CN(C)C(=O)NC(CC(=O)N2CCN(C)CC2)C(=O)NC(CCC(Cc2ccccc2)NC(=O)OCc2cncs2)Cc2ccccc2)cs1. The van der Waals surface area contributed by atoms with E-state index in [9.17, 15) is 19.2 Å². The largest absolute Gasteiger partial charge is 0.444 e. The van der Waals surface area contributed by atoms with Crippen LogP contribution in [0.2, 0.25) is 0 Å². The molecule has 1 fully saturated rings. The summed E-state index contributed by atoms with van der Waals surface area (Å²) < 4.78 is 5.52. The normalized spacial score (nSPS) is 14.8. The first kappa shape index (κ1) is 42.3. The van der Waals surface area contributed by atoms with E-state index in [1.165, 1.54) is 16.2 Å². The van der Waals surface area contributed by atoms with Gasteiger partial charge in [-0.3, -0.25) is 14.6 Å². The van der Waals surface area contributed by atoms with Gasteiger partial charge >= 0.3 is 12.1 Å². The van der Waals surface area contributed by atoms with E-state index in [0.717, 1.165) is 39.8 Å². The Morgan fingerprint density at radius 2 is 1.48 bits per heavy atom. The molecule has 0 saturated carbocycles. The molecule has 0 aliphatic carbocycles. The molecule has 4 aromatic rings. The van der Waals surface area contributed by atoms with Gasteiger partial charge in [-0.2, -0.15) is 0 Å². The van der Waals surface area contributed by atoms with Crippen LogP contribution >= 0.6 is 22.7 Å². The Morgan fingerprint density at radius 3 is 2.05 bits per heavy atom. The standard InChI is InChI=1S/C41H54N8O5S2/c1-29(2)39-44-34(27-55-39)25-48(4)40(52)46-36(23-37(50)49-19-17-47(3)18-20-49)38(51)43-32(21-30-11-7-5-8-12-30)15-16-33(22-31-13-9-6-10-14-31)45-41(53)54-26-35-24-42-28-56-35/h5-14,24,27-29,32-33,36H,15-23,25-26H2,1-4H3,(H,43,51)(H,45,53)(H,46,52). The zero-order valence-electron chi connectivity index (χ0n) is 32.7. The lowest BCUT2D eigenvalue weighted by molar-refractivity contribution is -0.136. The third-order valence-electron chi connectivity index (χ3n) is 9.67. The highest BCUT2D eigenvalue weighted by Crippen LogP contribution is 2.20. The van der Waals surface area contributed by atoms with Crippen LogP contribution in [0.4, 0.5) is 9.59 Å². The smallest absolute Gasteiger partial charge is 0.407 e. The predicted octanol–water partition coefficient (Wildman–Crippen LogP) is 5.44. The average molecular weight is 803 g/mol. The highest BCUT2D eigenvalue weighted by atomic mass is 32.1. The van der Waals surface area contributed by atoms with E-state index >= 15 is 0 Å². The van der Waals surface area contributed by atoms with E-state index in [-0.39, 0.29) is 43.5 Å². The number of thiazole rings is 2. The minimum Gasteiger partial charge on any atom is -0.444 e. The van der Waals surface area contributed by atoms with E-state index in [1.807, 2.05) is 73.1 Å². The number of carbonyl (C=O) groups is 4. The van der Waals surface area contributed by atoms with Crippen LogP contribution in [-0.2, 0) is 40.3 Å². The molecule has 0 radical (unpaired) electrons. The number of hydrogen-bond acceptors (Lipinski definition) is 10. The Kier molecular flexibility index (Phi) is 16.2. The molecule has 5 rings (SSSR count). The molecule has 3 unspecified atom stereocenters. The second kappa shape index (κ2) is 21.4. The number of nitrogens with zero attached hydrogens (tertiary/aromatic N) is 5. The molecular weight excluding hydrogens is 749 g/mol. The molecular formula is C41H54N8O5S2. The summed E-state index contributed by atoms with van der Waals surface area (Å²) in [5.41, 5.74) is 4.53. The van der Waals surface area contributed by atoms with E-state index < -0.39 is 24.1 Å². The molecule has 1 saturated heterocycles. The molecule has 1 aliphatic heterocycles. The second-order valence-corrected chi connectivity index (χ2v) is 16.5. The lowest BCUT2D eigenvalue weighted by Gasteiger charge is -2.33. The minimum absolute atomic E-state index is 0.124. The fourth-order valence-corrected chi connectivity index (χ4v) is 7.75.